The molecule has 7 rings (SSSR count). The number of carboxylic acids is 1. The third-order valence-corrected chi connectivity index (χ3v) is 8.51. The van der Waals surface area contributed by atoms with Crippen LogP contribution < -0.4 is 4.74 Å². The topological polar surface area (TPSA) is 98.3 Å². The number of benzene rings is 3. The van der Waals surface area contributed by atoms with Gasteiger partial charge in [0.1, 0.15) is 17.4 Å². The van der Waals surface area contributed by atoms with Crippen LogP contribution in [0.4, 0.5) is 0 Å². The predicted molar refractivity (Wildman–Crippen MR) is 162 cm³/mol. The highest BCUT2D eigenvalue weighted by molar-refractivity contribution is 5.89. The van der Waals surface area contributed by atoms with Gasteiger partial charge in [0.25, 0.3) is 0 Å². The average Bonchev–Trinajstić information content (AvgIpc) is 3.53. The van der Waals surface area contributed by atoms with Gasteiger partial charge >= 0.3 is 5.97 Å². The van der Waals surface area contributed by atoms with Gasteiger partial charge in [0.15, 0.2) is 0 Å². The van der Waals surface area contributed by atoms with Crippen LogP contribution in [0.5, 0.6) is 5.75 Å². The molecule has 2 aromatic heterocycles. The second-order valence-corrected chi connectivity index (χ2v) is 11.6. The number of para-hydroxylation sites is 1. The van der Waals surface area contributed by atoms with Crippen LogP contribution >= 0.6 is 0 Å². The van der Waals surface area contributed by atoms with Crippen LogP contribution in [0.15, 0.2) is 85.2 Å². The summed E-state index contributed by atoms with van der Waals surface area (Å²) in [5.74, 6) is 0.167. The first-order valence-electron chi connectivity index (χ1n) is 14.8. The van der Waals surface area contributed by atoms with Crippen molar-refractivity contribution in [2.45, 2.75) is 50.8 Å². The van der Waals surface area contributed by atoms with Gasteiger partial charge in [0, 0.05) is 50.3 Å². The molecule has 1 unspecified atom stereocenters. The van der Waals surface area contributed by atoms with E-state index in [0.717, 1.165) is 60.7 Å². The quantitative estimate of drug-likeness (QED) is 0.250. The number of carboxylic acid groups (broad SMARTS) is 1. The molecule has 1 aliphatic heterocycles. The molecular weight excluding hydrogens is 540 g/mol. The van der Waals surface area contributed by atoms with E-state index in [-0.39, 0.29) is 23.5 Å². The molecule has 0 radical (unpaired) electrons. The highest BCUT2D eigenvalue weighted by Gasteiger charge is 2.46. The van der Waals surface area contributed by atoms with E-state index < -0.39 is 5.97 Å². The van der Waals surface area contributed by atoms with Crippen molar-refractivity contribution >= 4 is 5.97 Å². The summed E-state index contributed by atoms with van der Waals surface area (Å²) in [5, 5.41) is 22.8. The number of ether oxygens (including phenoxy) is 1. The molecule has 0 saturated heterocycles. The lowest BCUT2D eigenvalue weighted by Crippen LogP contribution is -2.32. The fraction of sp³-hybridized carbons (Fsp3) is 0.294. The number of rotatable bonds is 8. The maximum atomic E-state index is 12.2. The van der Waals surface area contributed by atoms with Crippen molar-refractivity contribution in [1.29, 1.82) is 0 Å². The van der Waals surface area contributed by atoms with Gasteiger partial charge in [-0.2, -0.15) is 5.10 Å². The lowest BCUT2D eigenvalue weighted by Gasteiger charge is -2.23. The number of nitrogens with zero attached hydrogens (tertiary/aromatic N) is 6. The Morgan fingerprint density at radius 1 is 1.02 bits per heavy atom. The van der Waals surface area contributed by atoms with Crippen molar-refractivity contribution in [1.82, 2.24) is 29.7 Å². The minimum absolute atomic E-state index is 0.0203. The molecule has 0 spiro atoms. The Morgan fingerprint density at radius 2 is 1.84 bits per heavy atom. The molecular formula is C34H34N6O3. The van der Waals surface area contributed by atoms with Gasteiger partial charge in [-0.1, -0.05) is 60.7 Å². The molecule has 9 heteroatoms. The molecule has 1 saturated carbocycles. The zero-order valence-electron chi connectivity index (χ0n) is 24.3. The average molecular weight is 575 g/mol. The molecule has 9 nitrogen and oxygen atoms in total. The smallest absolute Gasteiger partial charge is 0.339 e. The van der Waals surface area contributed by atoms with Crippen molar-refractivity contribution in [3.05, 3.63) is 113 Å². The molecule has 1 N–H and O–H groups in total. The first kappa shape index (κ1) is 27.1. The second-order valence-electron chi connectivity index (χ2n) is 11.6. The van der Waals surface area contributed by atoms with Gasteiger partial charge in [-0.3, -0.25) is 9.58 Å². The Morgan fingerprint density at radius 3 is 2.63 bits per heavy atom. The first-order chi connectivity index (χ1) is 21.0. The normalized spacial score (nSPS) is 19.8. The maximum Gasteiger partial charge on any atom is 0.339 e. The van der Waals surface area contributed by atoms with Crippen LogP contribution in [0.3, 0.4) is 0 Å². The summed E-state index contributed by atoms with van der Waals surface area (Å²) in [7, 11) is 1.84. The van der Waals surface area contributed by atoms with E-state index in [0.29, 0.717) is 5.69 Å². The molecule has 0 amide bonds. The largest absolute Gasteiger partial charge is 0.489 e. The van der Waals surface area contributed by atoms with Crippen molar-refractivity contribution in [2.75, 3.05) is 6.54 Å². The first-order valence-corrected chi connectivity index (χ1v) is 14.8. The van der Waals surface area contributed by atoms with Crippen LogP contribution in [-0.2, 0) is 20.1 Å². The SMILES string of the molecule is CC[C@@H]1CN(Cc2cccc(-c3cccc(-n4ncc(C(=O)O)c4[C@@H]4CC4c4cn(C)nn4)c3)c2)Cc2ccccc2O1. The maximum absolute atomic E-state index is 12.2. The van der Waals surface area contributed by atoms with E-state index in [1.807, 2.05) is 31.4 Å². The fourth-order valence-corrected chi connectivity index (χ4v) is 6.26. The van der Waals surface area contributed by atoms with Gasteiger partial charge in [-0.05, 0) is 53.8 Å². The summed E-state index contributed by atoms with van der Waals surface area (Å²) >= 11 is 0. The molecule has 5 aromatic rings. The number of fused-ring (bicyclic) bond motifs is 1. The van der Waals surface area contributed by atoms with Gasteiger partial charge in [0.05, 0.1) is 23.3 Å². The highest BCUT2D eigenvalue weighted by Crippen LogP contribution is 2.55. The number of hydrogen-bond acceptors (Lipinski definition) is 6. The Balaban J connectivity index is 1.16. The monoisotopic (exact) mass is 574 g/mol. The van der Waals surface area contributed by atoms with Crippen molar-refractivity contribution in [2.24, 2.45) is 7.05 Å². The summed E-state index contributed by atoms with van der Waals surface area (Å²) in [4.78, 5) is 14.6. The summed E-state index contributed by atoms with van der Waals surface area (Å²) < 4.78 is 9.78. The summed E-state index contributed by atoms with van der Waals surface area (Å²) in [5.41, 5.74) is 7.27. The number of aryl methyl sites for hydroxylation is 1. The molecule has 0 bridgehead atoms. The lowest BCUT2D eigenvalue weighted by atomic mass is 10.0. The Labute approximate surface area is 250 Å². The van der Waals surface area contributed by atoms with E-state index in [1.54, 1.807) is 9.36 Å². The minimum Gasteiger partial charge on any atom is -0.489 e. The molecule has 1 fully saturated rings. The fourth-order valence-electron chi connectivity index (χ4n) is 6.26. The van der Waals surface area contributed by atoms with Crippen molar-refractivity contribution < 1.29 is 14.6 Å². The highest BCUT2D eigenvalue weighted by atomic mass is 16.5. The summed E-state index contributed by atoms with van der Waals surface area (Å²) in [6.07, 6.45) is 5.29. The van der Waals surface area contributed by atoms with E-state index in [2.05, 4.69) is 81.8 Å². The van der Waals surface area contributed by atoms with Crippen LogP contribution in [0.25, 0.3) is 16.8 Å². The van der Waals surface area contributed by atoms with Gasteiger partial charge in [-0.25, -0.2) is 9.48 Å². The minimum atomic E-state index is -0.971. The number of aromatic carboxylic acids is 1. The van der Waals surface area contributed by atoms with E-state index in [1.165, 1.54) is 17.3 Å². The van der Waals surface area contributed by atoms with Crippen LogP contribution in [0.2, 0.25) is 0 Å². The Hall–Kier alpha value is -4.76. The lowest BCUT2D eigenvalue weighted by molar-refractivity contribution is 0.0695. The Kier molecular flexibility index (Phi) is 7.02. The van der Waals surface area contributed by atoms with E-state index >= 15 is 0 Å². The van der Waals surface area contributed by atoms with Crippen LogP contribution in [0, 0.1) is 0 Å². The molecule has 43 heavy (non-hydrogen) atoms. The molecule has 3 heterocycles. The molecule has 1 aliphatic carbocycles. The Bertz CT molecular complexity index is 1790. The molecule has 218 valence electrons. The van der Waals surface area contributed by atoms with Crippen LogP contribution in [-0.4, -0.2) is 53.4 Å². The summed E-state index contributed by atoms with van der Waals surface area (Å²) in [6.45, 7) is 4.71. The third-order valence-electron chi connectivity index (χ3n) is 8.51. The predicted octanol–water partition coefficient (Wildman–Crippen LogP) is 5.81. The molecule has 3 aromatic carbocycles. The number of aromatic nitrogens is 5. The van der Waals surface area contributed by atoms with E-state index in [9.17, 15) is 9.90 Å². The van der Waals surface area contributed by atoms with Gasteiger partial charge in [0.2, 0.25) is 0 Å². The van der Waals surface area contributed by atoms with Gasteiger partial charge < -0.3 is 9.84 Å². The van der Waals surface area contributed by atoms with Gasteiger partial charge in [-0.15, -0.1) is 5.10 Å². The molecule has 2 aliphatic rings. The zero-order chi connectivity index (χ0) is 29.5. The standard InChI is InChI=1S/C34H34N6O3/c1-3-27-20-39(19-25-9-4-5-13-32(25)43-27)18-22-8-6-10-23(14-22)24-11-7-12-26(15-24)40-33(30(17-35-40)34(41)42)29-16-28(29)31-21-38(2)37-36-31/h4-15,17,21,27-29H,3,16,18-20H2,1-2H3,(H,41,42)/t27-,28?,29-/m1/s1. The number of carbonyl (C=O) groups is 1. The van der Waals surface area contributed by atoms with E-state index in [4.69, 9.17) is 4.74 Å². The number of hydrogen-bond donors (Lipinski definition) is 1. The third kappa shape index (κ3) is 5.44. The summed E-state index contributed by atoms with van der Waals surface area (Å²) in [6, 6.07) is 25.1. The van der Waals surface area contributed by atoms with Crippen LogP contribution in [0.1, 0.15) is 64.5 Å². The second kappa shape index (κ2) is 11.1. The zero-order valence-corrected chi connectivity index (χ0v) is 24.3. The van der Waals surface area contributed by atoms with Crippen molar-refractivity contribution in [3.63, 3.8) is 0 Å². The van der Waals surface area contributed by atoms with Crippen molar-refractivity contribution in [3.8, 4) is 22.6 Å². The molecule has 3 atom stereocenters.